The molecule has 0 radical (unpaired) electrons. The lowest BCUT2D eigenvalue weighted by Crippen LogP contribution is -2.31. The molecule has 0 atom stereocenters. The Kier molecular flexibility index (Phi) is 5.47. The highest BCUT2D eigenvalue weighted by molar-refractivity contribution is 8.26. The van der Waals surface area contributed by atoms with Crippen LogP contribution in [0.5, 0.6) is 11.5 Å². The van der Waals surface area contributed by atoms with Gasteiger partial charge in [0.05, 0.1) is 19.1 Å². The van der Waals surface area contributed by atoms with E-state index in [0.29, 0.717) is 33.2 Å². The number of carbonyl (C=O) groups is 1. The normalized spacial score (nSPS) is 16.8. The van der Waals surface area contributed by atoms with Crippen molar-refractivity contribution in [2.24, 2.45) is 5.92 Å². The summed E-state index contributed by atoms with van der Waals surface area (Å²) in [7, 11) is 3.21. The van der Waals surface area contributed by atoms with Crippen molar-refractivity contribution in [3.8, 4) is 11.5 Å². The van der Waals surface area contributed by atoms with Crippen molar-refractivity contribution in [2.75, 3.05) is 20.8 Å². The molecule has 1 amide bonds. The molecule has 1 heterocycles. The van der Waals surface area contributed by atoms with Crippen LogP contribution < -0.4 is 9.47 Å². The topological polar surface area (TPSA) is 38.8 Å². The van der Waals surface area contributed by atoms with Gasteiger partial charge in [0.15, 0.2) is 0 Å². The first-order chi connectivity index (χ1) is 10.5. The third kappa shape index (κ3) is 3.62. The Bertz CT molecular complexity index is 626. The highest BCUT2D eigenvalue weighted by Gasteiger charge is 2.32. The van der Waals surface area contributed by atoms with E-state index in [1.165, 1.54) is 11.8 Å². The lowest BCUT2D eigenvalue weighted by molar-refractivity contribution is -0.122. The summed E-state index contributed by atoms with van der Waals surface area (Å²) in [5, 5.41) is 0. The Hall–Kier alpha value is -1.53. The number of thioether (sulfide) groups is 1. The number of carbonyl (C=O) groups excluding carboxylic acids is 1. The Morgan fingerprint density at radius 1 is 1.32 bits per heavy atom. The van der Waals surface area contributed by atoms with E-state index in [9.17, 15) is 4.79 Å². The molecule has 1 aromatic carbocycles. The fourth-order valence-electron chi connectivity index (χ4n) is 2.12. The van der Waals surface area contributed by atoms with Crippen LogP contribution in [0.2, 0.25) is 0 Å². The standard InChI is InChI=1S/C16H19NO3S2/c1-10(2)9-17-15(18)14(22-16(17)21)8-11-7-12(19-3)5-6-13(11)20-4/h5-8,10H,9H2,1-4H3/b14-8-. The third-order valence-electron chi connectivity index (χ3n) is 3.14. The van der Waals surface area contributed by atoms with Crippen molar-refractivity contribution >= 4 is 40.3 Å². The van der Waals surface area contributed by atoms with Gasteiger partial charge in [-0.05, 0) is 30.2 Å². The molecule has 0 bridgehead atoms. The zero-order valence-electron chi connectivity index (χ0n) is 13.1. The van der Waals surface area contributed by atoms with Crippen molar-refractivity contribution in [1.82, 2.24) is 4.90 Å². The second-order valence-electron chi connectivity index (χ2n) is 5.29. The highest BCUT2D eigenvalue weighted by Crippen LogP contribution is 2.35. The average molecular weight is 337 g/mol. The second kappa shape index (κ2) is 7.15. The van der Waals surface area contributed by atoms with E-state index in [2.05, 4.69) is 13.8 Å². The number of ether oxygens (including phenoxy) is 2. The Morgan fingerprint density at radius 2 is 2.05 bits per heavy atom. The number of amides is 1. The number of nitrogens with zero attached hydrogens (tertiary/aromatic N) is 1. The lowest BCUT2D eigenvalue weighted by Gasteiger charge is -2.16. The van der Waals surface area contributed by atoms with E-state index in [0.717, 1.165) is 5.56 Å². The fraction of sp³-hybridized carbons (Fsp3) is 0.375. The molecule has 1 aliphatic rings. The van der Waals surface area contributed by atoms with E-state index < -0.39 is 0 Å². The maximum absolute atomic E-state index is 12.5. The lowest BCUT2D eigenvalue weighted by atomic mass is 10.1. The summed E-state index contributed by atoms with van der Waals surface area (Å²) < 4.78 is 11.2. The Balaban J connectivity index is 2.34. The van der Waals surface area contributed by atoms with Gasteiger partial charge in [0.1, 0.15) is 15.8 Å². The molecule has 0 spiro atoms. The smallest absolute Gasteiger partial charge is 0.266 e. The van der Waals surface area contributed by atoms with Crippen molar-refractivity contribution in [3.05, 3.63) is 28.7 Å². The van der Waals surface area contributed by atoms with Crippen molar-refractivity contribution in [2.45, 2.75) is 13.8 Å². The summed E-state index contributed by atoms with van der Waals surface area (Å²) in [6, 6.07) is 5.48. The van der Waals surface area contributed by atoms with Crippen LogP contribution in [0.1, 0.15) is 19.4 Å². The zero-order chi connectivity index (χ0) is 16.3. The van der Waals surface area contributed by atoms with Crippen molar-refractivity contribution < 1.29 is 14.3 Å². The van der Waals surface area contributed by atoms with Gasteiger partial charge in [-0.25, -0.2) is 0 Å². The number of methoxy groups -OCH3 is 2. The highest BCUT2D eigenvalue weighted by atomic mass is 32.2. The van der Waals surface area contributed by atoms with E-state index >= 15 is 0 Å². The van der Waals surface area contributed by atoms with Crippen LogP contribution in [0.3, 0.4) is 0 Å². The van der Waals surface area contributed by atoms with Gasteiger partial charge in [0, 0.05) is 12.1 Å². The number of hydrogen-bond acceptors (Lipinski definition) is 5. The zero-order valence-corrected chi connectivity index (χ0v) is 14.7. The first kappa shape index (κ1) is 16.8. The summed E-state index contributed by atoms with van der Waals surface area (Å²) in [5.41, 5.74) is 0.798. The molecule has 0 aliphatic carbocycles. The summed E-state index contributed by atoms with van der Waals surface area (Å²) in [6.07, 6.45) is 1.81. The Labute approximate surface area is 140 Å². The van der Waals surface area contributed by atoms with Gasteiger partial charge in [0.2, 0.25) is 0 Å². The van der Waals surface area contributed by atoms with Crippen LogP contribution in [0.4, 0.5) is 0 Å². The van der Waals surface area contributed by atoms with Crippen LogP contribution in [0, 0.1) is 5.92 Å². The van der Waals surface area contributed by atoms with Gasteiger partial charge in [0.25, 0.3) is 5.91 Å². The molecular formula is C16H19NO3S2. The predicted octanol–water partition coefficient (Wildman–Crippen LogP) is 3.56. The maximum atomic E-state index is 12.5. The molecule has 1 saturated heterocycles. The minimum absolute atomic E-state index is 0.0476. The number of hydrogen-bond donors (Lipinski definition) is 0. The van der Waals surface area contributed by atoms with Crippen LogP contribution in [0.15, 0.2) is 23.1 Å². The molecule has 1 aliphatic heterocycles. The van der Waals surface area contributed by atoms with Gasteiger partial charge in [-0.2, -0.15) is 0 Å². The molecule has 1 fully saturated rings. The second-order valence-corrected chi connectivity index (χ2v) is 6.97. The molecule has 0 N–H and O–H groups in total. The van der Waals surface area contributed by atoms with Gasteiger partial charge in [-0.1, -0.05) is 37.8 Å². The summed E-state index contributed by atoms with van der Waals surface area (Å²) in [4.78, 5) is 14.8. The Morgan fingerprint density at radius 3 is 2.64 bits per heavy atom. The van der Waals surface area contributed by atoms with E-state index in [1.807, 2.05) is 18.2 Å². The monoisotopic (exact) mass is 337 g/mol. The molecule has 0 unspecified atom stereocenters. The molecule has 0 saturated carbocycles. The molecule has 2 rings (SSSR count). The van der Waals surface area contributed by atoms with Gasteiger partial charge < -0.3 is 9.47 Å². The fourth-order valence-corrected chi connectivity index (χ4v) is 3.38. The maximum Gasteiger partial charge on any atom is 0.266 e. The van der Waals surface area contributed by atoms with Crippen LogP contribution >= 0.6 is 24.0 Å². The van der Waals surface area contributed by atoms with Crippen LogP contribution in [-0.4, -0.2) is 35.9 Å². The summed E-state index contributed by atoms with van der Waals surface area (Å²) in [6.45, 7) is 4.76. The van der Waals surface area contributed by atoms with Gasteiger partial charge >= 0.3 is 0 Å². The first-order valence-electron chi connectivity index (χ1n) is 6.93. The van der Waals surface area contributed by atoms with Crippen molar-refractivity contribution in [3.63, 3.8) is 0 Å². The van der Waals surface area contributed by atoms with Gasteiger partial charge in [-0.15, -0.1) is 0 Å². The van der Waals surface area contributed by atoms with E-state index in [4.69, 9.17) is 21.7 Å². The SMILES string of the molecule is COc1ccc(OC)c(/C=C2\SC(=S)N(CC(C)C)C2=O)c1. The molecule has 4 nitrogen and oxygen atoms in total. The predicted molar refractivity (Wildman–Crippen MR) is 94.3 cm³/mol. The van der Waals surface area contributed by atoms with Crippen LogP contribution in [0.25, 0.3) is 6.08 Å². The first-order valence-corrected chi connectivity index (χ1v) is 8.16. The number of rotatable bonds is 5. The summed E-state index contributed by atoms with van der Waals surface area (Å²) >= 11 is 6.63. The minimum atomic E-state index is -0.0476. The van der Waals surface area contributed by atoms with Gasteiger partial charge in [-0.3, -0.25) is 9.69 Å². The van der Waals surface area contributed by atoms with E-state index in [1.54, 1.807) is 25.2 Å². The van der Waals surface area contributed by atoms with Crippen molar-refractivity contribution in [1.29, 1.82) is 0 Å². The minimum Gasteiger partial charge on any atom is -0.497 e. The third-order valence-corrected chi connectivity index (χ3v) is 4.52. The largest absolute Gasteiger partial charge is 0.497 e. The average Bonchev–Trinajstić information content (AvgIpc) is 2.74. The molecule has 118 valence electrons. The molecular weight excluding hydrogens is 318 g/mol. The molecule has 1 aromatic rings. The number of benzene rings is 1. The number of thiocarbonyl (C=S) groups is 1. The molecule has 6 heteroatoms. The molecule has 0 aromatic heterocycles. The molecule has 22 heavy (non-hydrogen) atoms. The summed E-state index contributed by atoms with van der Waals surface area (Å²) in [5.74, 6) is 1.72. The quantitative estimate of drug-likeness (QED) is 0.607. The van der Waals surface area contributed by atoms with Crippen LogP contribution in [-0.2, 0) is 4.79 Å². The van der Waals surface area contributed by atoms with E-state index in [-0.39, 0.29) is 5.91 Å².